The number of methoxy groups -OCH3 is 2. The van der Waals surface area contributed by atoms with Gasteiger partial charge in [-0.3, -0.25) is 9.69 Å². The van der Waals surface area contributed by atoms with Crippen LogP contribution in [0.2, 0.25) is 0 Å². The zero-order valence-corrected chi connectivity index (χ0v) is 12.7. The lowest BCUT2D eigenvalue weighted by Crippen LogP contribution is -2.48. The van der Waals surface area contributed by atoms with Gasteiger partial charge in [-0.05, 0) is 58.0 Å². The fourth-order valence-corrected chi connectivity index (χ4v) is 2.75. The van der Waals surface area contributed by atoms with E-state index in [4.69, 9.17) is 9.47 Å². The Bertz CT molecular complexity index is 490. The summed E-state index contributed by atoms with van der Waals surface area (Å²) in [5.41, 5.74) is 0.190. The fourth-order valence-electron chi connectivity index (χ4n) is 2.75. The Morgan fingerprint density at radius 3 is 2.25 bits per heavy atom. The fraction of sp³-hybridized carbons (Fsp3) is 0.562. The molecule has 0 spiro atoms. The van der Waals surface area contributed by atoms with E-state index in [9.17, 15) is 4.79 Å². The van der Waals surface area contributed by atoms with Gasteiger partial charge in [-0.1, -0.05) is 0 Å². The lowest BCUT2D eigenvalue weighted by atomic mass is 9.91. The van der Waals surface area contributed by atoms with Crippen LogP contribution in [0.25, 0.3) is 0 Å². The minimum absolute atomic E-state index is 0.125. The SMILES string of the molecule is COc1ccc(C(=O)C(C)(C)N2CCCC2)cc1OC. The van der Waals surface area contributed by atoms with Crippen molar-refractivity contribution < 1.29 is 14.3 Å². The Kier molecular flexibility index (Phi) is 4.33. The molecule has 1 aliphatic rings. The van der Waals surface area contributed by atoms with E-state index in [1.54, 1.807) is 26.4 Å². The zero-order chi connectivity index (χ0) is 14.8. The summed E-state index contributed by atoms with van der Waals surface area (Å²) in [4.78, 5) is 15.0. The van der Waals surface area contributed by atoms with Crippen molar-refractivity contribution in [3.63, 3.8) is 0 Å². The first-order valence-corrected chi connectivity index (χ1v) is 7.02. The lowest BCUT2D eigenvalue weighted by molar-refractivity contribution is 0.0702. The van der Waals surface area contributed by atoms with Crippen LogP contribution in [0.3, 0.4) is 0 Å². The highest BCUT2D eigenvalue weighted by atomic mass is 16.5. The number of hydrogen-bond donors (Lipinski definition) is 0. The topological polar surface area (TPSA) is 38.8 Å². The van der Waals surface area contributed by atoms with Crippen LogP contribution >= 0.6 is 0 Å². The summed E-state index contributed by atoms with van der Waals surface area (Å²) in [5, 5.41) is 0. The van der Waals surface area contributed by atoms with E-state index in [0.717, 1.165) is 13.1 Å². The van der Waals surface area contributed by atoms with Crippen molar-refractivity contribution in [3.8, 4) is 11.5 Å². The number of Topliss-reactive ketones (excluding diaryl/α,β-unsaturated/α-hetero) is 1. The van der Waals surface area contributed by atoms with Crippen LogP contribution in [-0.4, -0.2) is 43.5 Å². The third-order valence-electron chi connectivity index (χ3n) is 4.10. The number of likely N-dealkylation sites (tertiary alicyclic amines) is 1. The monoisotopic (exact) mass is 277 g/mol. The molecule has 110 valence electrons. The molecule has 2 rings (SSSR count). The molecule has 0 saturated carbocycles. The van der Waals surface area contributed by atoms with E-state index >= 15 is 0 Å². The van der Waals surface area contributed by atoms with Crippen LogP contribution in [0.1, 0.15) is 37.0 Å². The van der Waals surface area contributed by atoms with Gasteiger partial charge >= 0.3 is 0 Å². The molecular formula is C16H23NO3. The number of ether oxygens (including phenoxy) is 2. The Labute approximate surface area is 120 Å². The predicted molar refractivity (Wildman–Crippen MR) is 78.8 cm³/mol. The molecule has 1 heterocycles. The highest BCUT2D eigenvalue weighted by Gasteiger charge is 2.36. The number of benzene rings is 1. The van der Waals surface area contributed by atoms with Crippen LogP contribution in [0.4, 0.5) is 0 Å². The second-order valence-corrected chi connectivity index (χ2v) is 5.65. The highest BCUT2D eigenvalue weighted by molar-refractivity contribution is 6.03. The Balaban J connectivity index is 2.28. The van der Waals surface area contributed by atoms with Crippen molar-refractivity contribution >= 4 is 5.78 Å². The smallest absolute Gasteiger partial charge is 0.182 e. The molecule has 1 aliphatic heterocycles. The average molecular weight is 277 g/mol. The van der Waals surface area contributed by atoms with Crippen molar-refractivity contribution in [1.82, 2.24) is 4.90 Å². The van der Waals surface area contributed by atoms with Gasteiger partial charge in [0.05, 0.1) is 19.8 Å². The van der Waals surface area contributed by atoms with Crippen LogP contribution in [0, 0.1) is 0 Å². The van der Waals surface area contributed by atoms with Crippen molar-refractivity contribution in [2.75, 3.05) is 27.3 Å². The van der Waals surface area contributed by atoms with Gasteiger partial charge in [0, 0.05) is 5.56 Å². The van der Waals surface area contributed by atoms with Crippen LogP contribution in [0.15, 0.2) is 18.2 Å². The first kappa shape index (κ1) is 14.9. The Morgan fingerprint density at radius 2 is 1.70 bits per heavy atom. The number of nitrogens with zero attached hydrogens (tertiary/aromatic N) is 1. The number of carbonyl (C=O) groups excluding carboxylic acids is 1. The second-order valence-electron chi connectivity index (χ2n) is 5.65. The van der Waals surface area contributed by atoms with Crippen LogP contribution < -0.4 is 9.47 Å². The van der Waals surface area contributed by atoms with Gasteiger partial charge in [0.15, 0.2) is 17.3 Å². The standard InChI is InChI=1S/C16H23NO3/c1-16(2,17-9-5-6-10-17)15(18)12-7-8-13(19-3)14(11-12)20-4/h7-8,11H,5-6,9-10H2,1-4H3. The molecule has 1 saturated heterocycles. The molecule has 4 heteroatoms. The quantitative estimate of drug-likeness (QED) is 0.776. The highest BCUT2D eigenvalue weighted by Crippen LogP contribution is 2.31. The molecule has 0 aromatic heterocycles. The molecule has 0 unspecified atom stereocenters. The zero-order valence-electron chi connectivity index (χ0n) is 12.7. The summed E-state index contributed by atoms with van der Waals surface area (Å²) in [6.07, 6.45) is 2.34. The molecule has 0 radical (unpaired) electrons. The van der Waals surface area contributed by atoms with Gasteiger partial charge < -0.3 is 9.47 Å². The molecule has 1 aromatic carbocycles. The third kappa shape index (κ3) is 2.66. The summed E-state index contributed by atoms with van der Waals surface area (Å²) >= 11 is 0. The number of carbonyl (C=O) groups is 1. The van der Waals surface area contributed by atoms with Gasteiger partial charge in [0.1, 0.15) is 0 Å². The molecule has 0 amide bonds. The maximum Gasteiger partial charge on any atom is 0.182 e. The Hall–Kier alpha value is -1.55. The summed E-state index contributed by atoms with van der Waals surface area (Å²) in [6.45, 7) is 5.98. The molecule has 20 heavy (non-hydrogen) atoms. The Morgan fingerprint density at radius 1 is 1.10 bits per heavy atom. The van der Waals surface area contributed by atoms with Gasteiger partial charge in [-0.15, -0.1) is 0 Å². The van der Waals surface area contributed by atoms with E-state index in [1.165, 1.54) is 12.8 Å². The maximum atomic E-state index is 12.8. The van der Waals surface area contributed by atoms with Crippen molar-refractivity contribution in [3.05, 3.63) is 23.8 Å². The van der Waals surface area contributed by atoms with Crippen LogP contribution in [0.5, 0.6) is 11.5 Å². The molecule has 0 aliphatic carbocycles. The van der Waals surface area contributed by atoms with E-state index in [2.05, 4.69) is 4.90 Å². The molecule has 1 fully saturated rings. The summed E-state index contributed by atoms with van der Waals surface area (Å²) in [6, 6.07) is 5.35. The van der Waals surface area contributed by atoms with E-state index in [0.29, 0.717) is 17.1 Å². The van der Waals surface area contributed by atoms with Gasteiger partial charge in [0.2, 0.25) is 0 Å². The van der Waals surface area contributed by atoms with E-state index in [1.807, 2.05) is 19.9 Å². The first-order chi connectivity index (χ1) is 9.50. The predicted octanol–water partition coefficient (Wildman–Crippen LogP) is 2.76. The minimum atomic E-state index is -0.476. The molecule has 4 nitrogen and oxygen atoms in total. The number of rotatable bonds is 5. The minimum Gasteiger partial charge on any atom is -0.493 e. The number of hydrogen-bond acceptors (Lipinski definition) is 4. The average Bonchev–Trinajstić information content (AvgIpc) is 3.00. The van der Waals surface area contributed by atoms with Gasteiger partial charge in [0.25, 0.3) is 0 Å². The second kappa shape index (κ2) is 5.83. The molecule has 1 aromatic rings. The maximum absolute atomic E-state index is 12.8. The molecule has 0 N–H and O–H groups in total. The normalized spacial score (nSPS) is 16.2. The molecule has 0 atom stereocenters. The molecular weight excluding hydrogens is 254 g/mol. The summed E-state index contributed by atoms with van der Waals surface area (Å²) in [5.74, 6) is 1.36. The lowest BCUT2D eigenvalue weighted by Gasteiger charge is -2.34. The van der Waals surface area contributed by atoms with Gasteiger partial charge in [-0.25, -0.2) is 0 Å². The largest absolute Gasteiger partial charge is 0.493 e. The van der Waals surface area contributed by atoms with Crippen molar-refractivity contribution in [2.24, 2.45) is 0 Å². The third-order valence-corrected chi connectivity index (χ3v) is 4.10. The van der Waals surface area contributed by atoms with Crippen LogP contribution in [-0.2, 0) is 0 Å². The summed E-state index contributed by atoms with van der Waals surface area (Å²) < 4.78 is 10.5. The summed E-state index contributed by atoms with van der Waals surface area (Å²) in [7, 11) is 3.17. The first-order valence-electron chi connectivity index (χ1n) is 7.02. The van der Waals surface area contributed by atoms with E-state index < -0.39 is 5.54 Å². The van der Waals surface area contributed by atoms with Crippen molar-refractivity contribution in [2.45, 2.75) is 32.2 Å². The number of ketones is 1. The molecule has 0 bridgehead atoms. The van der Waals surface area contributed by atoms with E-state index in [-0.39, 0.29) is 5.78 Å². The van der Waals surface area contributed by atoms with Crippen molar-refractivity contribution in [1.29, 1.82) is 0 Å². The van der Waals surface area contributed by atoms with Gasteiger partial charge in [-0.2, -0.15) is 0 Å².